The monoisotopic (exact) mass is 368 g/mol. The minimum atomic E-state index is -0.418. The zero-order chi connectivity index (χ0) is 19.4. The van der Waals surface area contributed by atoms with Crippen LogP contribution in [-0.4, -0.2) is 37.0 Å². The van der Waals surface area contributed by atoms with Crippen LogP contribution >= 0.6 is 0 Å². The fourth-order valence-corrected chi connectivity index (χ4v) is 3.46. The maximum absolute atomic E-state index is 11.8. The SMILES string of the molecule is CNC(=O)c1ccc(N2CCC(Nc3cccc(C)c3)CC2)c([N+](=O)[O-])c1. The van der Waals surface area contributed by atoms with E-state index in [-0.39, 0.29) is 11.6 Å². The zero-order valence-electron chi connectivity index (χ0n) is 15.6. The number of amides is 1. The van der Waals surface area contributed by atoms with Crippen LogP contribution in [0.3, 0.4) is 0 Å². The van der Waals surface area contributed by atoms with Gasteiger partial charge in [0.15, 0.2) is 0 Å². The Labute approximate surface area is 158 Å². The smallest absolute Gasteiger partial charge is 0.293 e. The van der Waals surface area contributed by atoms with Gasteiger partial charge in [0.05, 0.1) is 4.92 Å². The topological polar surface area (TPSA) is 87.5 Å². The highest BCUT2D eigenvalue weighted by Gasteiger charge is 2.26. The summed E-state index contributed by atoms with van der Waals surface area (Å²) in [7, 11) is 1.51. The molecule has 2 N–H and O–H groups in total. The zero-order valence-corrected chi connectivity index (χ0v) is 15.6. The first kappa shape index (κ1) is 18.7. The van der Waals surface area contributed by atoms with E-state index in [9.17, 15) is 14.9 Å². The second-order valence-corrected chi connectivity index (χ2v) is 6.81. The summed E-state index contributed by atoms with van der Waals surface area (Å²) in [6.07, 6.45) is 1.78. The third kappa shape index (κ3) is 4.36. The number of nitrogens with one attached hydrogen (secondary N) is 2. The lowest BCUT2D eigenvalue weighted by atomic mass is 10.0. The van der Waals surface area contributed by atoms with Gasteiger partial charge in [0, 0.05) is 43.5 Å². The Balaban J connectivity index is 1.70. The summed E-state index contributed by atoms with van der Waals surface area (Å²) in [6.45, 7) is 3.52. The van der Waals surface area contributed by atoms with Gasteiger partial charge in [-0.05, 0) is 49.6 Å². The van der Waals surface area contributed by atoms with Crippen molar-refractivity contribution in [2.45, 2.75) is 25.8 Å². The van der Waals surface area contributed by atoms with Crippen LogP contribution in [0.1, 0.15) is 28.8 Å². The Morgan fingerprint density at radius 3 is 2.56 bits per heavy atom. The van der Waals surface area contributed by atoms with Crippen LogP contribution < -0.4 is 15.5 Å². The van der Waals surface area contributed by atoms with Gasteiger partial charge in [-0.1, -0.05) is 12.1 Å². The van der Waals surface area contributed by atoms with E-state index in [1.807, 2.05) is 11.0 Å². The summed E-state index contributed by atoms with van der Waals surface area (Å²) in [6, 6.07) is 13.3. The fraction of sp³-hybridized carbons (Fsp3) is 0.350. The number of rotatable bonds is 5. The number of benzene rings is 2. The maximum Gasteiger partial charge on any atom is 0.293 e. The van der Waals surface area contributed by atoms with Gasteiger partial charge in [0.2, 0.25) is 0 Å². The van der Waals surface area contributed by atoms with Gasteiger partial charge >= 0.3 is 0 Å². The predicted molar refractivity (Wildman–Crippen MR) is 107 cm³/mol. The standard InChI is InChI=1S/C20H24N4O3/c1-14-4-3-5-17(12-14)22-16-8-10-23(11-9-16)18-7-6-15(20(25)21-2)13-19(18)24(26)27/h3-7,12-13,16,22H,8-11H2,1-2H3,(H,21,25). The average Bonchev–Trinajstić information content (AvgIpc) is 2.67. The van der Waals surface area contributed by atoms with Crippen molar-refractivity contribution in [1.29, 1.82) is 0 Å². The van der Waals surface area contributed by atoms with Crippen molar-refractivity contribution in [3.05, 3.63) is 63.7 Å². The molecular weight excluding hydrogens is 344 g/mol. The first-order valence-electron chi connectivity index (χ1n) is 9.06. The number of aryl methyl sites for hydroxylation is 1. The fourth-order valence-electron chi connectivity index (χ4n) is 3.46. The van der Waals surface area contributed by atoms with Crippen LogP contribution in [0.5, 0.6) is 0 Å². The maximum atomic E-state index is 11.8. The van der Waals surface area contributed by atoms with E-state index in [0.717, 1.165) is 31.6 Å². The Hall–Kier alpha value is -3.09. The molecule has 1 saturated heterocycles. The summed E-state index contributed by atoms with van der Waals surface area (Å²) in [4.78, 5) is 24.9. The molecule has 0 atom stereocenters. The lowest BCUT2D eigenvalue weighted by Crippen LogP contribution is -2.39. The molecule has 7 heteroatoms. The van der Waals surface area contributed by atoms with E-state index in [2.05, 4.69) is 35.8 Å². The van der Waals surface area contributed by atoms with Crippen LogP contribution in [0.25, 0.3) is 0 Å². The largest absolute Gasteiger partial charge is 0.382 e. The number of nitrogens with zero attached hydrogens (tertiary/aromatic N) is 2. The van der Waals surface area contributed by atoms with E-state index < -0.39 is 4.92 Å². The van der Waals surface area contributed by atoms with Crippen LogP contribution in [-0.2, 0) is 0 Å². The van der Waals surface area contributed by atoms with Crippen LogP contribution in [0.4, 0.5) is 17.1 Å². The molecule has 0 aromatic heterocycles. The molecule has 2 aromatic carbocycles. The highest BCUT2D eigenvalue weighted by molar-refractivity contribution is 5.95. The molecule has 0 radical (unpaired) electrons. The summed E-state index contributed by atoms with van der Waals surface area (Å²) < 4.78 is 0. The summed E-state index contributed by atoms with van der Waals surface area (Å²) in [5.74, 6) is -0.328. The number of nitro benzene ring substituents is 1. The molecule has 27 heavy (non-hydrogen) atoms. The molecule has 1 amide bonds. The van der Waals surface area contributed by atoms with Crippen LogP contribution in [0.15, 0.2) is 42.5 Å². The molecule has 1 heterocycles. The molecule has 1 fully saturated rings. The van der Waals surface area contributed by atoms with E-state index in [0.29, 0.717) is 17.3 Å². The Kier molecular flexibility index (Phi) is 5.59. The average molecular weight is 368 g/mol. The molecule has 0 spiro atoms. The van der Waals surface area contributed by atoms with Gasteiger partial charge in [-0.25, -0.2) is 0 Å². The third-order valence-corrected chi connectivity index (χ3v) is 4.89. The molecule has 142 valence electrons. The van der Waals surface area contributed by atoms with E-state index >= 15 is 0 Å². The molecule has 1 aliphatic rings. The van der Waals surface area contributed by atoms with Gasteiger partial charge in [-0.2, -0.15) is 0 Å². The minimum absolute atomic E-state index is 0.0267. The van der Waals surface area contributed by atoms with E-state index in [4.69, 9.17) is 0 Å². The number of carbonyl (C=O) groups is 1. The normalized spacial score (nSPS) is 14.7. The Bertz CT molecular complexity index is 845. The number of anilines is 2. The van der Waals surface area contributed by atoms with Crippen molar-refractivity contribution in [2.75, 3.05) is 30.4 Å². The summed E-state index contributed by atoms with van der Waals surface area (Å²) in [5, 5.41) is 17.5. The van der Waals surface area contributed by atoms with Gasteiger partial charge in [-0.3, -0.25) is 14.9 Å². The van der Waals surface area contributed by atoms with Gasteiger partial charge in [-0.15, -0.1) is 0 Å². The minimum Gasteiger partial charge on any atom is -0.382 e. The number of nitro groups is 1. The second kappa shape index (κ2) is 8.07. The lowest BCUT2D eigenvalue weighted by Gasteiger charge is -2.34. The summed E-state index contributed by atoms with van der Waals surface area (Å²) >= 11 is 0. The van der Waals surface area contributed by atoms with E-state index in [1.165, 1.54) is 18.7 Å². The number of carbonyl (C=O) groups excluding carboxylic acids is 1. The summed E-state index contributed by atoms with van der Waals surface area (Å²) in [5.41, 5.74) is 3.16. The molecule has 7 nitrogen and oxygen atoms in total. The third-order valence-electron chi connectivity index (χ3n) is 4.89. The van der Waals surface area contributed by atoms with Crippen molar-refractivity contribution in [3.8, 4) is 0 Å². The molecule has 0 bridgehead atoms. The molecular formula is C20H24N4O3. The first-order chi connectivity index (χ1) is 13.0. The molecule has 2 aromatic rings. The van der Waals surface area contributed by atoms with E-state index in [1.54, 1.807) is 12.1 Å². The van der Waals surface area contributed by atoms with Crippen molar-refractivity contribution in [1.82, 2.24) is 5.32 Å². The number of hydrogen-bond acceptors (Lipinski definition) is 5. The van der Waals surface area contributed by atoms with Crippen molar-refractivity contribution in [3.63, 3.8) is 0 Å². The number of piperidine rings is 1. The van der Waals surface area contributed by atoms with Crippen molar-refractivity contribution >= 4 is 23.0 Å². The van der Waals surface area contributed by atoms with Crippen molar-refractivity contribution < 1.29 is 9.72 Å². The molecule has 0 saturated carbocycles. The Morgan fingerprint density at radius 2 is 1.93 bits per heavy atom. The molecule has 0 unspecified atom stereocenters. The molecule has 0 aliphatic carbocycles. The number of hydrogen-bond donors (Lipinski definition) is 2. The Morgan fingerprint density at radius 1 is 1.19 bits per heavy atom. The van der Waals surface area contributed by atoms with Crippen LogP contribution in [0, 0.1) is 17.0 Å². The first-order valence-corrected chi connectivity index (χ1v) is 9.06. The predicted octanol–water partition coefficient (Wildman–Crippen LogP) is 3.34. The quantitative estimate of drug-likeness (QED) is 0.624. The van der Waals surface area contributed by atoms with Gasteiger partial charge in [0.1, 0.15) is 5.69 Å². The molecule has 3 rings (SSSR count). The van der Waals surface area contributed by atoms with Gasteiger partial charge in [0.25, 0.3) is 11.6 Å². The second-order valence-electron chi connectivity index (χ2n) is 6.81. The van der Waals surface area contributed by atoms with Gasteiger partial charge < -0.3 is 15.5 Å². The highest BCUT2D eigenvalue weighted by Crippen LogP contribution is 2.32. The highest BCUT2D eigenvalue weighted by atomic mass is 16.6. The lowest BCUT2D eigenvalue weighted by molar-refractivity contribution is -0.384. The van der Waals surface area contributed by atoms with Crippen LogP contribution in [0.2, 0.25) is 0 Å². The van der Waals surface area contributed by atoms with Crippen molar-refractivity contribution in [2.24, 2.45) is 0 Å². The molecule has 1 aliphatic heterocycles.